The number of piperidine rings is 1. The number of nitrogens with zero attached hydrogens (tertiary/aromatic N) is 9. The highest BCUT2D eigenvalue weighted by Gasteiger charge is 2.32. The van der Waals surface area contributed by atoms with Gasteiger partial charge in [-0.2, -0.15) is 19.8 Å². The molecule has 13 nitrogen and oxygen atoms in total. The van der Waals surface area contributed by atoms with Gasteiger partial charge in [0.2, 0.25) is 17.8 Å². The molecule has 1 aromatic carbocycles. The minimum Gasteiger partial charge on any atom is -0.373 e. The number of nitrogens with one attached hydrogen (secondary N) is 2. The zero-order chi connectivity index (χ0) is 35.9. The lowest BCUT2D eigenvalue weighted by Gasteiger charge is -2.42. The van der Waals surface area contributed by atoms with Crippen molar-refractivity contribution in [3.05, 3.63) is 78.4 Å². The molecule has 2 amide bonds. The maximum Gasteiger partial charge on any atom is 0.249 e. The van der Waals surface area contributed by atoms with Gasteiger partial charge in [-0.25, -0.2) is 23.3 Å². The molecule has 3 aliphatic rings. The number of halogens is 3. The Bertz CT molecular complexity index is 2170. The Morgan fingerprint density at radius 1 is 0.865 bits per heavy atom. The molecular formula is C36H34F3N11O2. The van der Waals surface area contributed by atoms with E-state index in [4.69, 9.17) is 4.98 Å². The minimum atomic E-state index is -0.731. The Balaban J connectivity index is 0.889. The number of fused-ring (bicyclic) bond motifs is 1. The van der Waals surface area contributed by atoms with Gasteiger partial charge >= 0.3 is 0 Å². The molecule has 52 heavy (non-hydrogen) atoms. The van der Waals surface area contributed by atoms with Crippen LogP contribution in [-0.2, 0) is 9.59 Å². The second-order valence-electron chi connectivity index (χ2n) is 13.4. The monoisotopic (exact) mass is 709 g/mol. The number of carbonyl (C=O) groups excluding carboxylic acids is 2. The molecular weight excluding hydrogens is 675 g/mol. The predicted molar refractivity (Wildman–Crippen MR) is 183 cm³/mol. The molecule has 6 heterocycles. The minimum absolute atomic E-state index is 0.0696. The molecule has 3 fully saturated rings. The number of nitriles is 1. The van der Waals surface area contributed by atoms with E-state index in [-0.39, 0.29) is 36.2 Å². The second kappa shape index (κ2) is 13.7. The van der Waals surface area contributed by atoms with Gasteiger partial charge < -0.3 is 10.2 Å². The second-order valence-corrected chi connectivity index (χ2v) is 13.4. The molecule has 5 aromatic rings. The van der Waals surface area contributed by atoms with Crippen LogP contribution in [0.5, 0.6) is 0 Å². The van der Waals surface area contributed by atoms with Crippen molar-refractivity contribution in [1.29, 1.82) is 5.26 Å². The molecule has 0 spiro atoms. The summed E-state index contributed by atoms with van der Waals surface area (Å²) in [5, 5.41) is 23.8. The van der Waals surface area contributed by atoms with Crippen LogP contribution in [-0.4, -0.2) is 84.3 Å². The standard InChI is InChI=1S/C36H34F3N11O2/c37-27-13-24(44-29-6-8-32(51)46-36(29)52)14-28(38)35(27)48-11-9-47(10-12-48)25-2-4-26(5-3-25)49-19-23(18-42-49)30-20-50-34(22(15-40)17-43-50)33(45-30)21-1-7-31(39)41-16-21/h1,7,13-14,16-20,25-26,29,44H,2-6,8-12H2,(H,46,51,52)/t25-,26-,29?. The van der Waals surface area contributed by atoms with Crippen molar-refractivity contribution < 1.29 is 22.8 Å². The van der Waals surface area contributed by atoms with Crippen molar-refractivity contribution in [2.75, 3.05) is 36.4 Å². The van der Waals surface area contributed by atoms with E-state index in [1.807, 2.05) is 10.9 Å². The normalized spacial score (nSPS) is 21.3. The van der Waals surface area contributed by atoms with E-state index in [1.165, 1.54) is 30.6 Å². The summed E-state index contributed by atoms with van der Waals surface area (Å²) in [4.78, 5) is 36.3. The number of rotatable bonds is 7. The molecule has 0 radical (unpaired) electrons. The number of benzene rings is 1. The van der Waals surface area contributed by atoms with Crippen LogP contribution < -0.4 is 15.5 Å². The zero-order valence-electron chi connectivity index (χ0n) is 28.0. The van der Waals surface area contributed by atoms with Gasteiger partial charge in [-0.05, 0) is 56.4 Å². The van der Waals surface area contributed by atoms with Crippen molar-refractivity contribution in [1.82, 2.24) is 39.6 Å². The number of carbonyl (C=O) groups is 2. The third kappa shape index (κ3) is 6.43. The van der Waals surface area contributed by atoms with Crippen molar-refractivity contribution in [3.8, 4) is 28.6 Å². The maximum absolute atomic E-state index is 15.2. The number of amides is 2. The van der Waals surface area contributed by atoms with Gasteiger partial charge in [0, 0.05) is 67.8 Å². The van der Waals surface area contributed by atoms with Crippen molar-refractivity contribution in [2.45, 2.75) is 56.7 Å². The zero-order valence-corrected chi connectivity index (χ0v) is 28.0. The van der Waals surface area contributed by atoms with Gasteiger partial charge in [-0.15, -0.1) is 0 Å². The Kier molecular flexibility index (Phi) is 8.79. The number of hydrogen-bond donors (Lipinski definition) is 2. The molecule has 1 unspecified atom stereocenters. The summed E-state index contributed by atoms with van der Waals surface area (Å²) >= 11 is 0. The maximum atomic E-state index is 15.2. The van der Waals surface area contributed by atoms with E-state index < -0.39 is 29.5 Å². The highest BCUT2D eigenvalue weighted by molar-refractivity contribution is 6.01. The fraction of sp³-hybridized carbons (Fsp3) is 0.361. The first-order valence-corrected chi connectivity index (χ1v) is 17.3. The van der Waals surface area contributed by atoms with Crippen molar-refractivity contribution in [3.63, 3.8) is 0 Å². The number of piperazine rings is 1. The summed E-state index contributed by atoms with van der Waals surface area (Å²) in [7, 11) is 0. The number of pyridine rings is 1. The lowest BCUT2D eigenvalue weighted by atomic mass is 9.90. The van der Waals surface area contributed by atoms with Crippen LogP contribution in [0.1, 0.15) is 50.1 Å². The molecule has 1 atom stereocenters. The lowest BCUT2D eigenvalue weighted by Crippen LogP contribution is -2.51. The van der Waals surface area contributed by atoms with Crippen molar-refractivity contribution >= 4 is 28.7 Å². The van der Waals surface area contributed by atoms with Crippen LogP contribution in [0, 0.1) is 28.9 Å². The summed E-state index contributed by atoms with van der Waals surface area (Å²) in [6, 6.07) is 7.20. The Morgan fingerprint density at radius 3 is 2.31 bits per heavy atom. The lowest BCUT2D eigenvalue weighted by molar-refractivity contribution is -0.133. The molecule has 2 saturated heterocycles. The van der Waals surface area contributed by atoms with Gasteiger partial charge in [0.1, 0.15) is 28.9 Å². The molecule has 1 aliphatic carbocycles. The summed E-state index contributed by atoms with van der Waals surface area (Å²) in [6.07, 6.45) is 12.5. The molecule has 8 rings (SSSR count). The molecule has 4 aromatic heterocycles. The fourth-order valence-corrected chi connectivity index (χ4v) is 7.60. The fourth-order valence-electron chi connectivity index (χ4n) is 7.60. The quantitative estimate of drug-likeness (QED) is 0.183. The van der Waals surface area contributed by atoms with E-state index in [9.17, 15) is 19.2 Å². The predicted octanol–water partition coefficient (Wildman–Crippen LogP) is 4.47. The van der Waals surface area contributed by atoms with Gasteiger partial charge in [-0.1, -0.05) is 0 Å². The van der Waals surface area contributed by atoms with Gasteiger partial charge in [-0.3, -0.25) is 24.5 Å². The molecule has 0 bridgehead atoms. The molecule has 266 valence electrons. The summed E-state index contributed by atoms with van der Waals surface area (Å²) < 4.78 is 47.6. The molecule has 16 heteroatoms. The number of hydrogen-bond acceptors (Lipinski definition) is 10. The van der Waals surface area contributed by atoms with Crippen LogP contribution in [0.2, 0.25) is 0 Å². The van der Waals surface area contributed by atoms with Gasteiger partial charge in [0.05, 0.1) is 36.0 Å². The first kappa shape index (κ1) is 33.3. The van der Waals surface area contributed by atoms with E-state index in [0.717, 1.165) is 31.2 Å². The van der Waals surface area contributed by atoms with Gasteiger partial charge in [0.15, 0.2) is 11.6 Å². The Labute approximate surface area is 296 Å². The number of aromatic nitrogens is 6. The topological polar surface area (TPSA) is 149 Å². The van der Waals surface area contributed by atoms with Crippen molar-refractivity contribution in [2.24, 2.45) is 0 Å². The van der Waals surface area contributed by atoms with E-state index >= 15 is 8.78 Å². The van der Waals surface area contributed by atoms with E-state index in [2.05, 4.69) is 36.8 Å². The highest BCUT2D eigenvalue weighted by Crippen LogP contribution is 2.35. The average molecular weight is 710 g/mol. The largest absolute Gasteiger partial charge is 0.373 e. The Hall–Kier alpha value is -5.82. The summed E-state index contributed by atoms with van der Waals surface area (Å²) in [5.74, 6) is -2.87. The van der Waals surface area contributed by atoms with Crippen LogP contribution in [0.15, 0.2) is 55.2 Å². The van der Waals surface area contributed by atoms with Crippen LogP contribution in [0.3, 0.4) is 0 Å². The third-order valence-electron chi connectivity index (χ3n) is 10.3. The van der Waals surface area contributed by atoms with Crippen LogP contribution in [0.25, 0.3) is 28.0 Å². The molecule has 2 N–H and O–H groups in total. The average Bonchev–Trinajstić information content (AvgIpc) is 3.81. The van der Waals surface area contributed by atoms with Crippen LogP contribution in [0.4, 0.5) is 24.5 Å². The number of anilines is 2. The summed E-state index contributed by atoms with van der Waals surface area (Å²) in [6.45, 7) is 2.32. The first-order valence-electron chi connectivity index (χ1n) is 17.3. The van der Waals surface area contributed by atoms with Gasteiger partial charge in [0.25, 0.3) is 0 Å². The van der Waals surface area contributed by atoms with E-state index in [0.29, 0.717) is 60.3 Å². The molecule has 2 aliphatic heterocycles. The molecule has 1 saturated carbocycles. The van der Waals surface area contributed by atoms with E-state index in [1.54, 1.807) is 27.9 Å². The smallest absolute Gasteiger partial charge is 0.249 e. The first-order chi connectivity index (χ1) is 25.2. The SMILES string of the molecule is N#Cc1cnn2cc(-c3cnn([C@H]4CC[C@H](N5CCN(c6c(F)cc(NC7CCC(=O)NC7=O)cc6F)CC5)CC4)c3)nc(-c3ccc(F)nc3)c12. The highest BCUT2D eigenvalue weighted by atomic mass is 19.1. The Morgan fingerprint density at radius 2 is 1.62 bits per heavy atom. The summed E-state index contributed by atoms with van der Waals surface area (Å²) in [5.41, 5.74) is 3.36. The van der Waals surface area contributed by atoms with Crippen LogP contribution >= 0.6 is 0 Å². The third-order valence-corrected chi connectivity index (χ3v) is 10.3. The number of imide groups is 1.